The standard InChI is InChI=1S/C8H12N2O/c9-8(11)6-10-7-4-2-1-3-5-7/h1-4,7,10H,5-6H2,(H2,9,11). The molecule has 11 heavy (non-hydrogen) atoms. The van der Waals surface area contributed by atoms with Gasteiger partial charge in [-0.15, -0.1) is 0 Å². The van der Waals surface area contributed by atoms with Gasteiger partial charge in [-0.3, -0.25) is 4.79 Å². The second kappa shape index (κ2) is 3.93. The van der Waals surface area contributed by atoms with E-state index in [4.69, 9.17) is 5.73 Å². The predicted octanol–water partition coefficient (Wildman–Crippen LogP) is -0.0540. The summed E-state index contributed by atoms with van der Waals surface area (Å²) in [5.74, 6) is -0.312. The number of hydrogen-bond donors (Lipinski definition) is 2. The molecule has 1 rings (SSSR count). The lowest BCUT2D eigenvalue weighted by molar-refractivity contribution is -0.117. The van der Waals surface area contributed by atoms with E-state index >= 15 is 0 Å². The van der Waals surface area contributed by atoms with Crippen LogP contribution in [-0.2, 0) is 4.79 Å². The highest BCUT2D eigenvalue weighted by atomic mass is 16.1. The molecule has 1 aliphatic rings. The third kappa shape index (κ3) is 3.00. The van der Waals surface area contributed by atoms with Crippen LogP contribution in [0.15, 0.2) is 24.3 Å². The molecule has 3 N–H and O–H groups in total. The van der Waals surface area contributed by atoms with E-state index in [2.05, 4.69) is 11.4 Å². The maximum Gasteiger partial charge on any atom is 0.231 e. The van der Waals surface area contributed by atoms with E-state index in [0.717, 1.165) is 6.42 Å². The average molecular weight is 152 g/mol. The lowest BCUT2D eigenvalue weighted by Gasteiger charge is -2.12. The van der Waals surface area contributed by atoms with Crippen molar-refractivity contribution in [2.24, 2.45) is 5.73 Å². The first-order valence-corrected chi connectivity index (χ1v) is 3.64. The minimum atomic E-state index is -0.312. The molecule has 3 nitrogen and oxygen atoms in total. The van der Waals surface area contributed by atoms with Crippen molar-refractivity contribution < 1.29 is 4.79 Å². The molecule has 0 aromatic heterocycles. The zero-order valence-corrected chi connectivity index (χ0v) is 6.29. The smallest absolute Gasteiger partial charge is 0.231 e. The van der Waals surface area contributed by atoms with E-state index < -0.39 is 0 Å². The van der Waals surface area contributed by atoms with Crippen molar-refractivity contribution in [2.75, 3.05) is 6.54 Å². The Hall–Kier alpha value is -1.09. The fourth-order valence-corrected chi connectivity index (χ4v) is 0.964. The molecule has 1 amide bonds. The van der Waals surface area contributed by atoms with Crippen molar-refractivity contribution in [3.63, 3.8) is 0 Å². The number of amides is 1. The van der Waals surface area contributed by atoms with Crippen LogP contribution >= 0.6 is 0 Å². The van der Waals surface area contributed by atoms with Crippen molar-refractivity contribution >= 4 is 5.91 Å². The number of primary amides is 1. The third-order valence-corrected chi connectivity index (χ3v) is 1.52. The van der Waals surface area contributed by atoms with Gasteiger partial charge in [0.15, 0.2) is 0 Å². The molecule has 1 aliphatic carbocycles. The molecule has 0 bridgehead atoms. The van der Waals surface area contributed by atoms with Gasteiger partial charge in [0.2, 0.25) is 5.91 Å². The fraction of sp³-hybridized carbons (Fsp3) is 0.375. The first kappa shape index (κ1) is 8.01. The number of nitrogens with one attached hydrogen (secondary N) is 1. The highest BCUT2D eigenvalue weighted by Crippen LogP contribution is 2.01. The molecule has 0 aliphatic heterocycles. The molecule has 0 heterocycles. The Morgan fingerprint density at radius 1 is 1.64 bits per heavy atom. The summed E-state index contributed by atoms with van der Waals surface area (Å²) in [7, 11) is 0. The van der Waals surface area contributed by atoms with E-state index in [9.17, 15) is 4.79 Å². The van der Waals surface area contributed by atoms with Crippen molar-refractivity contribution in [1.82, 2.24) is 5.32 Å². The summed E-state index contributed by atoms with van der Waals surface area (Å²) in [5, 5.41) is 3.01. The first-order valence-electron chi connectivity index (χ1n) is 3.64. The molecule has 1 unspecified atom stereocenters. The summed E-state index contributed by atoms with van der Waals surface area (Å²) >= 11 is 0. The molecule has 0 saturated heterocycles. The summed E-state index contributed by atoms with van der Waals surface area (Å²) in [6, 6.07) is 0.271. The molecule has 0 fully saturated rings. The van der Waals surface area contributed by atoms with Gasteiger partial charge in [-0.05, 0) is 6.42 Å². The molecular weight excluding hydrogens is 140 g/mol. The molecule has 1 atom stereocenters. The summed E-state index contributed by atoms with van der Waals surface area (Å²) in [5.41, 5.74) is 4.97. The van der Waals surface area contributed by atoms with Gasteiger partial charge in [-0.25, -0.2) is 0 Å². The second-order valence-corrected chi connectivity index (χ2v) is 2.50. The van der Waals surface area contributed by atoms with Crippen molar-refractivity contribution in [3.05, 3.63) is 24.3 Å². The molecule has 0 spiro atoms. The zero-order valence-electron chi connectivity index (χ0n) is 6.29. The average Bonchev–Trinajstić information content (AvgIpc) is 2.03. The summed E-state index contributed by atoms with van der Waals surface area (Å²) < 4.78 is 0. The van der Waals surface area contributed by atoms with Gasteiger partial charge < -0.3 is 11.1 Å². The summed E-state index contributed by atoms with van der Waals surface area (Å²) in [4.78, 5) is 10.4. The van der Waals surface area contributed by atoms with Crippen LogP contribution in [0, 0.1) is 0 Å². The second-order valence-electron chi connectivity index (χ2n) is 2.50. The van der Waals surface area contributed by atoms with Crippen molar-refractivity contribution in [1.29, 1.82) is 0 Å². The fourth-order valence-electron chi connectivity index (χ4n) is 0.964. The van der Waals surface area contributed by atoms with E-state index in [1.165, 1.54) is 0 Å². The van der Waals surface area contributed by atoms with Gasteiger partial charge in [-0.2, -0.15) is 0 Å². The maximum atomic E-state index is 10.4. The van der Waals surface area contributed by atoms with Crippen molar-refractivity contribution in [3.8, 4) is 0 Å². The minimum Gasteiger partial charge on any atom is -0.369 e. The topological polar surface area (TPSA) is 55.1 Å². The normalized spacial score (nSPS) is 22.0. The third-order valence-electron chi connectivity index (χ3n) is 1.52. The molecular formula is C8H12N2O. The predicted molar refractivity (Wildman–Crippen MR) is 43.9 cm³/mol. The van der Waals surface area contributed by atoms with Gasteiger partial charge >= 0.3 is 0 Å². The number of nitrogens with two attached hydrogens (primary N) is 1. The molecule has 0 saturated carbocycles. The van der Waals surface area contributed by atoms with Crippen LogP contribution in [0.3, 0.4) is 0 Å². The minimum absolute atomic E-state index is 0.253. The molecule has 60 valence electrons. The van der Waals surface area contributed by atoms with Gasteiger partial charge in [0.25, 0.3) is 0 Å². The largest absolute Gasteiger partial charge is 0.369 e. The highest BCUT2D eigenvalue weighted by molar-refractivity contribution is 5.75. The SMILES string of the molecule is NC(=O)CNC1C=CC=CC1. The summed E-state index contributed by atoms with van der Waals surface area (Å²) in [6.07, 6.45) is 8.95. The van der Waals surface area contributed by atoms with Gasteiger partial charge in [0, 0.05) is 6.04 Å². The van der Waals surface area contributed by atoms with Gasteiger partial charge in [-0.1, -0.05) is 24.3 Å². The lowest BCUT2D eigenvalue weighted by atomic mass is 10.1. The van der Waals surface area contributed by atoms with Crippen LogP contribution < -0.4 is 11.1 Å². The number of allylic oxidation sites excluding steroid dienone is 2. The highest BCUT2D eigenvalue weighted by Gasteiger charge is 2.04. The van der Waals surface area contributed by atoms with E-state index in [-0.39, 0.29) is 18.5 Å². The Morgan fingerprint density at radius 3 is 3.00 bits per heavy atom. The lowest BCUT2D eigenvalue weighted by Crippen LogP contribution is -2.35. The quantitative estimate of drug-likeness (QED) is 0.595. The zero-order chi connectivity index (χ0) is 8.10. The van der Waals surface area contributed by atoms with Crippen LogP contribution in [0.2, 0.25) is 0 Å². The molecule has 0 aromatic carbocycles. The Kier molecular flexibility index (Phi) is 2.86. The monoisotopic (exact) mass is 152 g/mol. The number of carbonyl (C=O) groups excluding carboxylic acids is 1. The maximum absolute atomic E-state index is 10.4. The van der Waals surface area contributed by atoms with Gasteiger partial charge in [0.05, 0.1) is 6.54 Å². The Morgan fingerprint density at radius 2 is 2.45 bits per heavy atom. The van der Waals surface area contributed by atoms with Crippen LogP contribution in [-0.4, -0.2) is 18.5 Å². The molecule has 0 aromatic rings. The van der Waals surface area contributed by atoms with Crippen LogP contribution in [0.5, 0.6) is 0 Å². The van der Waals surface area contributed by atoms with Crippen LogP contribution in [0.1, 0.15) is 6.42 Å². The first-order chi connectivity index (χ1) is 5.29. The van der Waals surface area contributed by atoms with Gasteiger partial charge in [0.1, 0.15) is 0 Å². The van der Waals surface area contributed by atoms with E-state index in [0.29, 0.717) is 0 Å². The molecule has 3 heteroatoms. The summed E-state index contributed by atoms with van der Waals surface area (Å²) in [6.45, 7) is 0.253. The number of hydrogen-bond acceptors (Lipinski definition) is 2. The Bertz CT molecular complexity index is 196. The van der Waals surface area contributed by atoms with Crippen molar-refractivity contribution in [2.45, 2.75) is 12.5 Å². The van der Waals surface area contributed by atoms with E-state index in [1.807, 2.05) is 18.2 Å². The number of rotatable bonds is 3. The Balaban J connectivity index is 2.22. The van der Waals surface area contributed by atoms with Crippen LogP contribution in [0.25, 0.3) is 0 Å². The van der Waals surface area contributed by atoms with E-state index in [1.54, 1.807) is 0 Å². The number of carbonyl (C=O) groups is 1. The molecule has 0 radical (unpaired) electrons. The van der Waals surface area contributed by atoms with Crippen LogP contribution in [0.4, 0.5) is 0 Å². The Labute approximate surface area is 66.0 Å².